The highest BCUT2D eigenvalue weighted by atomic mass is 16.4. The normalized spacial score (nSPS) is 13.6. The van der Waals surface area contributed by atoms with Crippen molar-refractivity contribution in [2.45, 2.75) is 45.2 Å². The molecule has 0 fully saturated rings. The van der Waals surface area contributed by atoms with E-state index in [1.54, 1.807) is 12.1 Å². The Kier molecular flexibility index (Phi) is 5.37. The molecule has 0 radical (unpaired) electrons. The lowest BCUT2D eigenvalue weighted by Gasteiger charge is -2.09. The average molecular weight is 376 g/mol. The first-order valence-electron chi connectivity index (χ1n) is 9.75. The molecular weight excluding hydrogens is 352 g/mol. The number of nitrogens with one attached hydrogen (secondary N) is 1. The summed E-state index contributed by atoms with van der Waals surface area (Å²) in [6, 6.07) is 15.3. The van der Waals surface area contributed by atoms with Gasteiger partial charge in [0, 0.05) is 31.6 Å². The second-order valence-electron chi connectivity index (χ2n) is 7.22. The van der Waals surface area contributed by atoms with Crippen molar-refractivity contribution in [2.75, 3.05) is 5.32 Å². The molecule has 0 spiro atoms. The predicted octanol–water partition coefficient (Wildman–Crippen LogP) is 3.91. The fourth-order valence-corrected chi connectivity index (χ4v) is 3.57. The standard InChI is InChI=1S/C22H24N4O2/c27-22(28)18-9-5-17(6-10-18)15-23-19-11-7-16(8-12-19)14-21-25-24-20-4-2-1-3-13-26(20)21/h5-12,23H,1-4,13-15H2,(H,27,28). The number of fused-ring (bicyclic) bond motifs is 1. The monoisotopic (exact) mass is 376 g/mol. The van der Waals surface area contributed by atoms with Crippen molar-refractivity contribution >= 4 is 11.7 Å². The fourth-order valence-electron chi connectivity index (χ4n) is 3.57. The van der Waals surface area contributed by atoms with Gasteiger partial charge in [-0.05, 0) is 48.2 Å². The van der Waals surface area contributed by atoms with E-state index in [4.69, 9.17) is 5.11 Å². The Bertz CT molecular complexity index is 946. The number of anilines is 1. The zero-order valence-corrected chi connectivity index (χ0v) is 15.8. The predicted molar refractivity (Wildman–Crippen MR) is 108 cm³/mol. The van der Waals surface area contributed by atoms with Gasteiger partial charge in [0.05, 0.1) is 5.56 Å². The molecule has 1 aliphatic rings. The molecule has 2 aromatic carbocycles. The van der Waals surface area contributed by atoms with Crippen LogP contribution in [0, 0.1) is 0 Å². The van der Waals surface area contributed by atoms with Crippen molar-refractivity contribution in [1.29, 1.82) is 0 Å². The Morgan fingerprint density at radius 2 is 1.71 bits per heavy atom. The van der Waals surface area contributed by atoms with Crippen LogP contribution in [0.3, 0.4) is 0 Å². The highest BCUT2D eigenvalue weighted by Gasteiger charge is 2.14. The van der Waals surface area contributed by atoms with Crippen molar-refractivity contribution in [1.82, 2.24) is 14.8 Å². The average Bonchev–Trinajstić information content (AvgIpc) is 2.94. The Morgan fingerprint density at radius 1 is 0.964 bits per heavy atom. The van der Waals surface area contributed by atoms with Crippen molar-refractivity contribution < 1.29 is 9.90 Å². The lowest BCUT2D eigenvalue weighted by molar-refractivity contribution is 0.0697. The number of aromatic carboxylic acids is 1. The third kappa shape index (κ3) is 4.22. The summed E-state index contributed by atoms with van der Waals surface area (Å²) in [6.07, 6.45) is 5.50. The first-order chi connectivity index (χ1) is 13.7. The fraction of sp³-hybridized carbons (Fsp3) is 0.318. The molecule has 6 nitrogen and oxygen atoms in total. The number of benzene rings is 2. The quantitative estimate of drug-likeness (QED) is 0.682. The summed E-state index contributed by atoms with van der Waals surface area (Å²) in [4.78, 5) is 10.9. The van der Waals surface area contributed by atoms with Gasteiger partial charge in [-0.15, -0.1) is 10.2 Å². The Hall–Kier alpha value is -3.15. The van der Waals surface area contributed by atoms with Crippen LogP contribution in [0.1, 0.15) is 52.4 Å². The minimum absolute atomic E-state index is 0.305. The maximum Gasteiger partial charge on any atom is 0.335 e. The molecule has 3 aromatic rings. The van der Waals surface area contributed by atoms with Gasteiger partial charge in [0.25, 0.3) is 0 Å². The van der Waals surface area contributed by atoms with Gasteiger partial charge < -0.3 is 15.0 Å². The van der Waals surface area contributed by atoms with Crippen molar-refractivity contribution in [3.8, 4) is 0 Å². The maximum atomic E-state index is 10.9. The molecule has 2 N–H and O–H groups in total. The van der Waals surface area contributed by atoms with Crippen LogP contribution in [0.25, 0.3) is 0 Å². The van der Waals surface area contributed by atoms with Crippen LogP contribution in [0.5, 0.6) is 0 Å². The van der Waals surface area contributed by atoms with Gasteiger partial charge in [-0.2, -0.15) is 0 Å². The van der Waals surface area contributed by atoms with E-state index in [-0.39, 0.29) is 0 Å². The summed E-state index contributed by atoms with van der Waals surface area (Å²) in [5, 5.41) is 21.1. The minimum atomic E-state index is -0.903. The minimum Gasteiger partial charge on any atom is -0.478 e. The van der Waals surface area contributed by atoms with Crippen LogP contribution in [0.2, 0.25) is 0 Å². The molecule has 4 rings (SSSR count). The number of hydrogen-bond donors (Lipinski definition) is 2. The Morgan fingerprint density at radius 3 is 2.46 bits per heavy atom. The molecule has 0 amide bonds. The van der Waals surface area contributed by atoms with Gasteiger partial charge in [-0.1, -0.05) is 30.7 Å². The van der Waals surface area contributed by atoms with Crippen LogP contribution in [-0.2, 0) is 25.9 Å². The second-order valence-corrected chi connectivity index (χ2v) is 7.22. The van der Waals surface area contributed by atoms with Gasteiger partial charge in [-0.25, -0.2) is 4.79 Å². The van der Waals surface area contributed by atoms with Gasteiger partial charge >= 0.3 is 5.97 Å². The summed E-state index contributed by atoms with van der Waals surface area (Å²) in [5.74, 6) is 1.27. The first kappa shape index (κ1) is 18.2. The highest BCUT2D eigenvalue weighted by Crippen LogP contribution is 2.18. The van der Waals surface area contributed by atoms with E-state index in [0.29, 0.717) is 12.1 Å². The largest absolute Gasteiger partial charge is 0.478 e. The lowest BCUT2D eigenvalue weighted by atomic mass is 10.1. The number of aryl methyl sites for hydroxylation is 1. The number of hydrogen-bond acceptors (Lipinski definition) is 4. The number of carbonyl (C=O) groups is 1. The lowest BCUT2D eigenvalue weighted by Crippen LogP contribution is -2.06. The van der Waals surface area contributed by atoms with Gasteiger partial charge in [0.2, 0.25) is 0 Å². The summed E-state index contributed by atoms with van der Waals surface area (Å²) in [5.41, 5.74) is 3.60. The van der Waals surface area contributed by atoms with E-state index in [1.807, 2.05) is 12.1 Å². The van der Waals surface area contributed by atoms with Crippen LogP contribution >= 0.6 is 0 Å². The number of nitrogens with zero attached hydrogens (tertiary/aromatic N) is 3. The molecule has 0 aliphatic carbocycles. The molecule has 144 valence electrons. The molecule has 0 saturated heterocycles. The van der Waals surface area contributed by atoms with Crippen molar-refractivity contribution in [2.24, 2.45) is 0 Å². The van der Waals surface area contributed by atoms with Crippen LogP contribution in [-0.4, -0.2) is 25.8 Å². The maximum absolute atomic E-state index is 10.9. The van der Waals surface area contributed by atoms with Crippen LogP contribution < -0.4 is 5.32 Å². The molecule has 0 saturated carbocycles. The zero-order chi connectivity index (χ0) is 19.3. The van der Waals surface area contributed by atoms with Gasteiger partial charge in [0.15, 0.2) is 0 Å². The summed E-state index contributed by atoms with van der Waals surface area (Å²) >= 11 is 0. The molecule has 28 heavy (non-hydrogen) atoms. The second kappa shape index (κ2) is 8.25. The Labute approximate surface area is 164 Å². The van der Waals surface area contributed by atoms with E-state index in [9.17, 15) is 4.79 Å². The SMILES string of the molecule is O=C(O)c1ccc(CNc2ccc(Cc3nnc4n3CCCCC4)cc2)cc1. The third-order valence-corrected chi connectivity index (χ3v) is 5.20. The Balaban J connectivity index is 1.36. The van der Waals surface area contributed by atoms with E-state index in [0.717, 1.165) is 42.3 Å². The first-order valence-corrected chi connectivity index (χ1v) is 9.75. The van der Waals surface area contributed by atoms with E-state index < -0.39 is 5.97 Å². The molecule has 0 unspecified atom stereocenters. The van der Waals surface area contributed by atoms with E-state index in [1.165, 1.54) is 24.8 Å². The number of carboxylic acid groups (broad SMARTS) is 1. The summed E-state index contributed by atoms with van der Waals surface area (Å²) in [6.45, 7) is 1.68. The topological polar surface area (TPSA) is 80.0 Å². The van der Waals surface area contributed by atoms with Crippen molar-refractivity contribution in [3.05, 3.63) is 76.9 Å². The van der Waals surface area contributed by atoms with Crippen LogP contribution in [0.15, 0.2) is 48.5 Å². The molecule has 2 heterocycles. The number of carboxylic acids is 1. The van der Waals surface area contributed by atoms with Gasteiger partial charge in [0.1, 0.15) is 11.6 Å². The zero-order valence-electron chi connectivity index (χ0n) is 15.8. The molecule has 0 bridgehead atoms. The summed E-state index contributed by atoms with van der Waals surface area (Å²) < 4.78 is 2.29. The van der Waals surface area contributed by atoms with Crippen molar-refractivity contribution in [3.63, 3.8) is 0 Å². The van der Waals surface area contributed by atoms with Gasteiger partial charge in [-0.3, -0.25) is 0 Å². The number of aromatic nitrogens is 3. The third-order valence-electron chi connectivity index (χ3n) is 5.20. The molecule has 1 aromatic heterocycles. The smallest absolute Gasteiger partial charge is 0.335 e. The molecule has 0 atom stereocenters. The molecule has 6 heteroatoms. The van der Waals surface area contributed by atoms with Crippen LogP contribution in [0.4, 0.5) is 5.69 Å². The molecular formula is C22H24N4O2. The highest BCUT2D eigenvalue weighted by molar-refractivity contribution is 5.87. The van der Waals surface area contributed by atoms with E-state index >= 15 is 0 Å². The summed E-state index contributed by atoms with van der Waals surface area (Å²) in [7, 11) is 0. The molecule has 1 aliphatic heterocycles. The number of rotatable bonds is 6. The van der Waals surface area contributed by atoms with E-state index in [2.05, 4.69) is 44.3 Å².